The third kappa shape index (κ3) is 4.54. The number of hydrogen-bond acceptors (Lipinski definition) is 6. The summed E-state index contributed by atoms with van der Waals surface area (Å²) in [5.41, 5.74) is 0.715. The van der Waals surface area contributed by atoms with Crippen molar-refractivity contribution in [2.75, 3.05) is 26.6 Å². The molecule has 0 aliphatic carbocycles. The summed E-state index contributed by atoms with van der Waals surface area (Å²) in [6.45, 7) is 0. The van der Waals surface area contributed by atoms with Crippen LogP contribution in [0.1, 0.15) is 5.56 Å². The molecule has 7 nitrogen and oxygen atoms in total. The van der Waals surface area contributed by atoms with Gasteiger partial charge in [0.1, 0.15) is 11.5 Å². The van der Waals surface area contributed by atoms with E-state index in [9.17, 15) is 14.7 Å². The molecule has 26 heavy (non-hydrogen) atoms. The molecule has 2 N–H and O–H groups in total. The van der Waals surface area contributed by atoms with E-state index in [0.717, 1.165) is 6.08 Å². The number of ketones is 1. The average molecular weight is 357 g/mol. The van der Waals surface area contributed by atoms with Gasteiger partial charge in [-0.3, -0.25) is 9.59 Å². The highest BCUT2D eigenvalue weighted by Gasteiger charge is 2.15. The number of hydrogen-bond donors (Lipinski definition) is 2. The van der Waals surface area contributed by atoms with Crippen molar-refractivity contribution in [3.8, 4) is 17.2 Å². The molecule has 136 valence electrons. The van der Waals surface area contributed by atoms with Crippen LogP contribution in [0.3, 0.4) is 0 Å². The number of carbonyl (C=O) groups excluding carboxylic acids is 2. The van der Waals surface area contributed by atoms with Crippen LogP contribution in [0, 0.1) is 0 Å². The zero-order chi connectivity index (χ0) is 19.1. The lowest BCUT2D eigenvalue weighted by atomic mass is 10.1. The van der Waals surface area contributed by atoms with Crippen molar-refractivity contribution >= 4 is 23.1 Å². The highest BCUT2D eigenvalue weighted by molar-refractivity contribution is 6.45. The van der Waals surface area contributed by atoms with Crippen molar-refractivity contribution in [3.05, 3.63) is 54.1 Å². The Bertz CT molecular complexity index is 844. The first-order valence-electron chi connectivity index (χ1n) is 7.61. The number of rotatable bonds is 7. The minimum Gasteiger partial charge on any atom is -0.507 e. The smallest absolute Gasteiger partial charge is 0.296 e. The topological polar surface area (TPSA) is 94.1 Å². The van der Waals surface area contributed by atoms with E-state index in [1.54, 1.807) is 36.4 Å². The number of carbonyl (C=O) groups is 2. The first-order chi connectivity index (χ1) is 12.5. The van der Waals surface area contributed by atoms with Gasteiger partial charge >= 0.3 is 0 Å². The maximum Gasteiger partial charge on any atom is 0.296 e. The van der Waals surface area contributed by atoms with E-state index in [4.69, 9.17) is 14.2 Å². The largest absolute Gasteiger partial charge is 0.507 e. The third-order valence-electron chi connectivity index (χ3n) is 3.50. The van der Waals surface area contributed by atoms with Gasteiger partial charge in [-0.15, -0.1) is 0 Å². The van der Waals surface area contributed by atoms with Gasteiger partial charge in [0.05, 0.1) is 21.3 Å². The molecule has 0 saturated heterocycles. The quantitative estimate of drug-likeness (QED) is 0.450. The molecular weight excluding hydrogens is 338 g/mol. The number of amides is 1. The number of nitrogens with one attached hydrogen (secondary N) is 1. The fourth-order valence-corrected chi connectivity index (χ4v) is 2.16. The van der Waals surface area contributed by atoms with Gasteiger partial charge in [-0.25, -0.2) is 0 Å². The van der Waals surface area contributed by atoms with Gasteiger partial charge in [0.25, 0.3) is 5.91 Å². The Morgan fingerprint density at radius 1 is 0.962 bits per heavy atom. The Morgan fingerprint density at radius 3 is 2.35 bits per heavy atom. The highest BCUT2D eigenvalue weighted by atomic mass is 16.5. The van der Waals surface area contributed by atoms with Crippen molar-refractivity contribution in [1.29, 1.82) is 0 Å². The van der Waals surface area contributed by atoms with E-state index in [-0.39, 0.29) is 5.76 Å². The molecule has 1 amide bonds. The summed E-state index contributed by atoms with van der Waals surface area (Å²) in [6.07, 6.45) is 0.852. The second kappa shape index (κ2) is 8.57. The highest BCUT2D eigenvalue weighted by Crippen LogP contribution is 2.29. The Balaban J connectivity index is 2.13. The van der Waals surface area contributed by atoms with Gasteiger partial charge in [-0.2, -0.15) is 0 Å². The van der Waals surface area contributed by atoms with Crippen LogP contribution >= 0.6 is 0 Å². The predicted octanol–water partition coefficient (Wildman–Crippen LogP) is 2.82. The first-order valence-corrected chi connectivity index (χ1v) is 7.61. The number of aliphatic hydroxyl groups is 1. The van der Waals surface area contributed by atoms with Crippen LogP contribution < -0.4 is 19.5 Å². The standard InChI is InChI=1S/C19H19NO6/c1-24-14-6-4-5-12(9-14)15(21)11-16(22)19(23)20-13-7-8-17(25-2)18(10-13)26-3/h4-11,21H,1-3H3,(H,20,23)/b15-11-. The molecule has 0 saturated carbocycles. The molecule has 0 aromatic heterocycles. The summed E-state index contributed by atoms with van der Waals surface area (Å²) in [4.78, 5) is 24.1. The minimum absolute atomic E-state index is 0.337. The van der Waals surface area contributed by atoms with Crippen molar-refractivity contribution < 1.29 is 28.9 Å². The SMILES string of the molecule is COc1cccc(/C(O)=C/C(=O)C(=O)Nc2ccc(OC)c(OC)c2)c1. The molecule has 0 unspecified atom stereocenters. The molecule has 7 heteroatoms. The summed E-state index contributed by atoms with van der Waals surface area (Å²) in [5.74, 6) is -0.715. The van der Waals surface area contributed by atoms with E-state index >= 15 is 0 Å². The van der Waals surface area contributed by atoms with Gasteiger partial charge in [-0.05, 0) is 24.3 Å². The van der Waals surface area contributed by atoms with Crippen LogP contribution in [0.15, 0.2) is 48.5 Å². The molecule has 0 spiro atoms. The fourth-order valence-electron chi connectivity index (χ4n) is 2.16. The Kier molecular flexibility index (Phi) is 6.21. The molecule has 0 atom stereocenters. The molecule has 0 radical (unpaired) electrons. The lowest BCUT2D eigenvalue weighted by molar-refractivity contribution is -0.131. The van der Waals surface area contributed by atoms with Gasteiger partial charge in [0, 0.05) is 23.4 Å². The molecule has 0 aliphatic rings. The predicted molar refractivity (Wildman–Crippen MR) is 96.8 cm³/mol. The van der Waals surface area contributed by atoms with E-state index in [1.807, 2.05) is 0 Å². The zero-order valence-corrected chi connectivity index (χ0v) is 14.6. The van der Waals surface area contributed by atoms with Crippen LogP contribution in [-0.4, -0.2) is 38.1 Å². The summed E-state index contributed by atoms with van der Waals surface area (Å²) < 4.78 is 15.3. The average Bonchev–Trinajstić information content (AvgIpc) is 2.67. The summed E-state index contributed by atoms with van der Waals surface area (Å²) >= 11 is 0. The van der Waals surface area contributed by atoms with Crippen LogP contribution in [0.4, 0.5) is 5.69 Å². The zero-order valence-electron chi connectivity index (χ0n) is 14.6. The van der Waals surface area contributed by atoms with Crippen molar-refractivity contribution in [2.24, 2.45) is 0 Å². The van der Waals surface area contributed by atoms with Crippen LogP contribution in [0.2, 0.25) is 0 Å². The Labute approximate surface area is 150 Å². The Morgan fingerprint density at radius 2 is 1.69 bits per heavy atom. The summed E-state index contributed by atoms with van der Waals surface area (Å²) in [7, 11) is 4.44. The van der Waals surface area contributed by atoms with E-state index < -0.39 is 11.7 Å². The summed E-state index contributed by atoms with van der Waals surface area (Å²) in [6, 6.07) is 11.2. The lowest BCUT2D eigenvalue weighted by Gasteiger charge is -2.10. The van der Waals surface area contributed by atoms with Gasteiger partial charge in [0.2, 0.25) is 5.78 Å². The van der Waals surface area contributed by atoms with Crippen molar-refractivity contribution in [2.45, 2.75) is 0 Å². The van der Waals surface area contributed by atoms with E-state index in [0.29, 0.717) is 28.5 Å². The van der Waals surface area contributed by atoms with Crippen molar-refractivity contribution in [1.82, 2.24) is 0 Å². The lowest BCUT2D eigenvalue weighted by Crippen LogP contribution is -2.21. The maximum atomic E-state index is 12.0. The van der Waals surface area contributed by atoms with E-state index in [1.165, 1.54) is 27.4 Å². The number of aliphatic hydroxyl groups excluding tert-OH is 1. The number of ether oxygens (including phenoxy) is 3. The minimum atomic E-state index is -0.903. The second-order valence-corrected chi connectivity index (χ2v) is 5.15. The normalized spacial score (nSPS) is 10.8. The summed E-state index contributed by atoms with van der Waals surface area (Å²) in [5, 5.41) is 12.5. The number of benzene rings is 2. The third-order valence-corrected chi connectivity index (χ3v) is 3.50. The van der Waals surface area contributed by atoms with E-state index in [2.05, 4.69) is 5.32 Å². The second-order valence-electron chi connectivity index (χ2n) is 5.15. The van der Waals surface area contributed by atoms with Gasteiger partial charge in [0.15, 0.2) is 11.5 Å². The molecule has 2 aromatic carbocycles. The first kappa shape index (κ1) is 18.9. The van der Waals surface area contributed by atoms with Crippen molar-refractivity contribution in [3.63, 3.8) is 0 Å². The molecular formula is C19H19NO6. The fraction of sp³-hybridized carbons (Fsp3) is 0.158. The molecule has 2 rings (SSSR count). The molecule has 2 aromatic rings. The number of methoxy groups -OCH3 is 3. The molecule has 0 aliphatic heterocycles. The van der Waals surface area contributed by atoms with Crippen LogP contribution in [-0.2, 0) is 9.59 Å². The molecule has 0 heterocycles. The maximum absolute atomic E-state index is 12.0. The van der Waals surface area contributed by atoms with Crippen LogP contribution in [0.25, 0.3) is 5.76 Å². The number of anilines is 1. The van der Waals surface area contributed by atoms with Crippen LogP contribution in [0.5, 0.6) is 17.2 Å². The Hall–Kier alpha value is -3.48. The monoisotopic (exact) mass is 357 g/mol. The molecule has 0 bridgehead atoms. The van der Waals surface area contributed by atoms with Gasteiger partial charge in [-0.1, -0.05) is 12.1 Å². The molecule has 0 fully saturated rings. The van der Waals surface area contributed by atoms with Gasteiger partial charge < -0.3 is 24.6 Å².